The first-order valence-corrected chi connectivity index (χ1v) is 7.66. The molecule has 0 aromatic rings. The predicted molar refractivity (Wildman–Crippen MR) is 76.5 cm³/mol. The monoisotopic (exact) mass is 280 g/mol. The Morgan fingerprint density at radius 2 is 2.00 bits per heavy atom. The van der Waals surface area contributed by atoms with E-state index in [4.69, 9.17) is 4.74 Å². The number of nitrogens with zero attached hydrogens (tertiary/aromatic N) is 1. The van der Waals surface area contributed by atoms with Gasteiger partial charge in [0.05, 0.1) is 18.2 Å². The van der Waals surface area contributed by atoms with Crippen molar-refractivity contribution in [3.63, 3.8) is 0 Å². The molecule has 2 saturated heterocycles. The number of hydrogen-bond donors (Lipinski definition) is 3. The minimum absolute atomic E-state index is 0.191. The summed E-state index contributed by atoms with van der Waals surface area (Å²) in [7, 11) is 1.77. The molecular weight excluding hydrogens is 256 g/mol. The van der Waals surface area contributed by atoms with Crippen LogP contribution in [0.5, 0.6) is 0 Å². The molecule has 3 rings (SSSR count). The third kappa shape index (κ3) is 3.23. The van der Waals surface area contributed by atoms with E-state index < -0.39 is 0 Å². The molecule has 2 aliphatic heterocycles. The fraction of sp³-hybridized carbons (Fsp3) is 0.857. The number of ether oxygens (including phenoxy) is 1. The molecule has 1 aliphatic carbocycles. The predicted octanol–water partition coefficient (Wildman–Crippen LogP) is -0.00250. The molecule has 20 heavy (non-hydrogen) atoms. The van der Waals surface area contributed by atoms with Crippen molar-refractivity contribution in [1.29, 1.82) is 0 Å². The third-order valence-electron chi connectivity index (χ3n) is 4.32. The molecule has 3 aliphatic rings. The molecule has 6 nitrogen and oxygen atoms in total. The van der Waals surface area contributed by atoms with Crippen molar-refractivity contribution in [1.82, 2.24) is 16.0 Å². The van der Waals surface area contributed by atoms with Gasteiger partial charge in [0.2, 0.25) is 5.91 Å². The van der Waals surface area contributed by atoms with Gasteiger partial charge in [0.25, 0.3) is 0 Å². The van der Waals surface area contributed by atoms with E-state index in [2.05, 4.69) is 20.9 Å². The Hall–Kier alpha value is -1.30. The van der Waals surface area contributed by atoms with Crippen LogP contribution in [0.15, 0.2) is 4.99 Å². The molecule has 1 saturated carbocycles. The van der Waals surface area contributed by atoms with Crippen molar-refractivity contribution < 1.29 is 9.53 Å². The second-order valence-corrected chi connectivity index (χ2v) is 5.92. The van der Waals surface area contributed by atoms with Gasteiger partial charge in [0.15, 0.2) is 5.96 Å². The van der Waals surface area contributed by atoms with Gasteiger partial charge >= 0.3 is 0 Å². The Balaban J connectivity index is 1.34. The largest absolute Gasteiger partial charge is 0.373 e. The number of rotatable bonds is 5. The van der Waals surface area contributed by atoms with Crippen molar-refractivity contribution in [2.45, 2.75) is 50.4 Å². The summed E-state index contributed by atoms with van der Waals surface area (Å²) in [4.78, 5) is 15.7. The average molecular weight is 280 g/mol. The summed E-state index contributed by atoms with van der Waals surface area (Å²) >= 11 is 0. The Morgan fingerprint density at radius 1 is 1.20 bits per heavy atom. The summed E-state index contributed by atoms with van der Waals surface area (Å²) < 4.78 is 5.82. The van der Waals surface area contributed by atoms with E-state index in [0.717, 1.165) is 31.6 Å². The smallest absolute Gasteiger partial charge is 0.223 e. The molecule has 1 amide bonds. The molecule has 2 bridgehead atoms. The summed E-state index contributed by atoms with van der Waals surface area (Å²) in [5.41, 5.74) is 0. The molecule has 0 aromatic heterocycles. The van der Waals surface area contributed by atoms with Crippen LogP contribution in [-0.2, 0) is 9.53 Å². The van der Waals surface area contributed by atoms with Crippen molar-refractivity contribution >= 4 is 11.9 Å². The molecule has 2 heterocycles. The maximum Gasteiger partial charge on any atom is 0.223 e. The number of fused-ring (bicyclic) bond motifs is 2. The first-order chi connectivity index (χ1) is 9.76. The lowest BCUT2D eigenvalue weighted by Gasteiger charge is -2.22. The zero-order valence-corrected chi connectivity index (χ0v) is 12.0. The van der Waals surface area contributed by atoms with Gasteiger partial charge < -0.3 is 20.7 Å². The Bertz CT molecular complexity index is 395. The summed E-state index contributed by atoms with van der Waals surface area (Å²) in [6.07, 6.45) is 6.30. The molecule has 0 aromatic carbocycles. The van der Waals surface area contributed by atoms with E-state index in [0.29, 0.717) is 31.3 Å². The maximum absolute atomic E-state index is 11.5. The summed E-state index contributed by atoms with van der Waals surface area (Å²) in [6.45, 7) is 1.34. The van der Waals surface area contributed by atoms with Crippen LogP contribution in [-0.4, -0.2) is 50.3 Å². The van der Waals surface area contributed by atoms with Gasteiger partial charge in [-0.05, 0) is 32.1 Å². The fourth-order valence-corrected chi connectivity index (χ4v) is 3.02. The lowest BCUT2D eigenvalue weighted by Crippen LogP contribution is -2.48. The van der Waals surface area contributed by atoms with E-state index in [-0.39, 0.29) is 11.8 Å². The van der Waals surface area contributed by atoms with Crippen LogP contribution in [0.25, 0.3) is 0 Å². The Kier molecular flexibility index (Phi) is 4.10. The van der Waals surface area contributed by atoms with Crippen molar-refractivity contribution in [3.05, 3.63) is 0 Å². The van der Waals surface area contributed by atoms with Gasteiger partial charge in [0, 0.05) is 26.1 Å². The number of hydrogen-bond acceptors (Lipinski definition) is 3. The highest BCUT2D eigenvalue weighted by molar-refractivity contribution is 5.81. The molecular formula is C14H24N4O2. The van der Waals surface area contributed by atoms with Gasteiger partial charge in [-0.1, -0.05) is 0 Å². The fourth-order valence-electron chi connectivity index (χ4n) is 3.02. The second-order valence-electron chi connectivity index (χ2n) is 5.92. The summed E-state index contributed by atoms with van der Waals surface area (Å²) in [5, 5.41) is 9.60. The lowest BCUT2D eigenvalue weighted by atomic mass is 9.96. The Labute approximate surface area is 119 Å². The molecule has 3 unspecified atom stereocenters. The topological polar surface area (TPSA) is 74.8 Å². The zero-order valence-electron chi connectivity index (χ0n) is 12.0. The van der Waals surface area contributed by atoms with E-state index in [1.807, 2.05) is 0 Å². The molecule has 3 N–H and O–H groups in total. The maximum atomic E-state index is 11.5. The summed E-state index contributed by atoms with van der Waals surface area (Å²) in [6, 6.07) is 0.376. The van der Waals surface area contributed by atoms with Crippen molar-refractivity contribution in [2.24, 2.45) is 10.9 Å². The van der Waals surface area contributed by atoms with Gasteiger partial charge in [-0.3, -0.25) is 9.79 Å². The molecule has 0 spiro atoms. The molecule has 112 valence electrons. The first kappa shape index (κ1) is 13.7. The standard InChI is InChI=1S/C14H24N4O2/c1-15-14(17-7-6-16-13(19)9-2-3-9)18-11-8-10-4-5-12(11)20-10/h9-12H,2-8H2,1H3,(H,16,19)(H2,15,17,18). The van der Waals surface area contributed by atoms with Crippen LogP contribution in [0, 0.1) is 5.92 Å². The van der Waals surface area contributed by atoms with E-state index >= 15 is 0 Å². The molecule has 3 fully saturated rings. The van der Waals surface area contributed by atoms with E-state index in [1.165, 1.54) is 6.42 Å². The SMILES string of the molecule is CN=C(NCCNC(=O)C1CC1)NC1CC2CCC1O2. The van der Waals surface area contributed by atoms with Crippen LogP contribution < -0.4 is 16.0 Å². The highest BCUT2D eigenvalue weighted by Crippen LogP contribution is 2.34. The van der Waals surface area contributed by atoms with Crippen molar-refractivity contribution in [3.8, 4) is 0 Å². The quantitative estimate of drug-likeness (QED) is 0.376. The minimum Gasteiger partial charge on any atom is -0.373 e. The number of guanidine groups is 1. The van der Waals surface area contributed by atoms with Gasteiger partial charge in [0.1, 0.15) is 0 Å². The molecule has 6 heteroatoms. The normalized spacial score (nSPS) is 32.2. The van der Waals surface area contributed by atoms with Gasteiger partial charge in [-0.15, -0.1) is 0 Å². The summed E-state index contributed by atoms with van der Waals surface area (Å²) in [5.74, 6) is 1.27. The number of aliphatic imine (C=N–C) groups is 1. The molecule has 0 radical (unpaired) electrons. The lowest BCUT2D eigenvalue weighted by molar-refractivity contribution is -0.122. The first-order valence-electron chi connectivity index (χ1n) is 7.66. The number of carbonyl (C=O) groups is 1. The van der Waals surface area contributed by atoms with Crippen LogP contribution in [0.2, 0.25) is 0 Å². The second kappa shape index (κ2) is 5.99. The minimum atomic E-state index is 0.191. The van der Waals surface area contributed by atoms with Crippen LogP contribution in [0.4, 0.5) is 0 Å². The number of carbonyl (C=O) groups excluding carboxylic acids is 1. The molecule has 3 atom stereocenters. The number of nitrogens with one attached hydrogen (secondary N) is 3. The third-order valence-corrected chi connectivity index (χ3v) is 4.32. The van der Waals surface area contributed by atoms with Gasteiger partial charge in [-0.25, -0.2) is 0 Å². The van der Waals surface area contributed by atoms with Crippen LogP contribution >= 0.6 is 0 Å². The highest BCUT2D eigenvalue weighted by Gasteiger charge is 2.41. The highest BCUT2D eigenvalue weighted by atomic mass is 16.5. The Morgan fingerprint density at radius 3 is 2.60 bits per heavy atom. The van der Waals surface area contributed by atoms with Gasteiger partial charge in [-0.2, -0.15) is 0 Å². The van der Waals surface area contributed by atoms with Crippen molar-refractivity contribution in [2.75, 3.05) is 20.1 Å². The number of amides is 1. The van der Waals surface area contributed by atoms with Crippen LogP contribution in [0.1, 0.15) is 32.1 Å². The average Bonchev–Trinajstić information content (AvgIpc) is 3.12. The van der Waals surface area contributed by atoms with E-state index in [9.17, 15) is 4.79 Å². The van der Waals surface area contributed by atoms with E-state index in [1.54, 1.807) is 7.05 Å². The zero-order chi connectivity index (χ0) is 13.9. The van der Waals surface area contributed by atoms with Crippen LogP contribution in [0.3, 0.4) is 0 Å².